The van der Waals surface area contributed by atoms with E-state index in [0.29, 0.717) is 6.42 Å². The number of aryl methyl sites for hydroxylation is 1. The lowest BCUT2D eigenvalue weighted by Gasteiger charge is -2.03. The van der Waals surface area contributed by atoms with Crippen molar-refractivity contribution in [2.24, 2.45) is 0 Å². The van der Waals surface area contributed by atoms with Gasteiger partial charge >= 0.3 is 0 Å². The number of ketones is 1. The molecule has 1 nitrogen and oxygen atoms in total. The fourth-order valence-electron chi connectivity index (χ4n) is 1.74. The Balaban J connectivity index is 1.84. The Morgan fingerprint density at radius 1 is 1.06 bits per heavy atom. The van der Waals surface area contributed by atoms with Crippen LogP contribution in [0.25, 0.3) is 0 Å². The van der Waals surface area contributed by atoms with E-state index in [0.717, 1.165) is 11.3 Å². The molecule has 0 fully saturated rings. The van der Waals surface area contributed by atoms with Crippen molar-refractivity contribution in [1.29, 1.82) is 0 Å². The first-order chi connectivity index (χ1) is 8.75. The maximum Gasteiger partial charge on any atom is 0.163 e. The first-order valence-electron chi connectivity index (χ1n) is 6.03. The maximum absolute atomic E-state index is 11.9. The summed E-state index contributed by atoms with van der Waals surface area (Å²) in [5.41, 5.74) is 2.07. The van der Waals surface area contributed by atoms with E-state index in [4.69, 9.17) is 0 Å². The van der Waals surface area contributed by atoms with Crippen LogP contribution in [0.3, 0.4) is 0 Å². The smallest absolute Gasteiger partial charge is 0.163 e. The van der Waals surface area contributed by atoms with Gasteiger partial charge in [-0.15, -0.1) is 11.8 Å². The van der Waals surface area contributed by atoms with Gasteiger partial charge in [0, 0.05) is 22.6 Å². The first-order valence-corrected chi connectivity index (χ1v) is 7.02. The average Bonchev–Trinajstić information content (AvgIpc) is 2.40. The van der Waals surface area contributed by atoms with Gasteiger partial charge < -0.3 is 0 Å². The Kier molecular flexibility index (Phi) is 4.59. The highest BCUT2D eigenvalue weighted by Crippen LogP contribution is 2.20. The zero-order chi connectivity index (χ0) is 12.8. The van der Waals surface area contributed by atoms with Crippen LogP contribution in [0.4, 0.5) is 0 Å². The van der Waals surface area contributed by atoms with Gasteiger partial charge in [-0.1, -0.05) is 48.0 Å². The van der Waals surface area contributed by atoms with Crippen LogP contribution >= 0.6 is 11.8 Å². The topological polar surface area (TPSA) is 17.1 Å². The minimum atomic E-state index is 0.218. The van der Waals surface area contributed by atoms with Crippen LogP contribution in [0.1, 0.15) is 22.3 Å². The molecule has 0 amide bonds. The van der Waals surface area contributed by atoms with Crippen molar-refractivity contribution >= 4 is 17.5 Å². The van der Waals surface area contributed by atoms with E-state index in [1.54, 1.807) is 11.8 Å². The number of Topliss-reactive ketones (excluding diaryl/α,β-unsaturated/α-hetero) is 1. The number of benzene rings is 2. The van der Waals surface area contributed by atoms with E-state index in [1.165, 1.54) is 10.5 Å². The molecular formula is C16H16OS. The normalized spacial score (nSPS) is 10.3. The van der Waals surface area contributed by atoms with E-state index in [1.807, 2.05) is 30.3 Å². The molecule has 0 spiro atoms. The van der Waals surface area contributed by atoms with Crippen LogP contribution in [0.15, 0.2) is 59.5 Å². The molecule has 0 N–H and O–H groups in total. The van der Waals surface area contributed by atoms with Gasteiger partial charge in [0.1, 0.15) is 0 Å². The summed E-state index contributed by atoms with van der Waals surface area (Å²) in [6, 6.07) is 17.9. The Morgan fingerprint density at radius 2 is 1.83 bits per heavy atom. The Bertz CT molecular complexity index is 520. The highest BCUT2D eigenvalue weighted by atomic mass is 32.2. The summed E-state index contributed by atoms with van der Waals surface area (Å²) in [6.45, 7) is 2.08. The number of thioether (sulfide) groups is 1. The lowest BCUT2D eigenvalue weighted by Crippen LogP contribution is -1.99. The quantitative estimate of drug-likeness (QED) is 0.584. The second-order valence-electron chi connectivity index (χ2n) is 4.20. The van der Waals surface area contributed by atoms with Crippen molar-refractivity contribution in [2.45, 2.75) is 18.2 Å². The molecule has 0 aliphatic heterocycles. The molecule has 0 aliphatic rings. The molecule has 2 aromatic carbocycles. The highest BCUT2D eigenvalue weighted by Gasteiger charge is 2.04. The molecule has 0 heterocycles. The molecule has 0 atom stereocenters. The zero-order valence-corrected chi connectivity index (χ0v) is 11.2. The molecule has 18 heavy (non-hydrogen) atoms. The summed E-state index contributed by atoms with van der Waals surface area (Å²) in [4.78, 5) is 13.1. The predicted molar refractivity (Wildman–Crippen MR) is 77.3 cm³/mol. The highest BCUT2D eigenvalue weighted by molar-refractivity contribution is 7.99. The maximum atomic E-state index is 11.9. The van der Waals surface area contributed by atoms with Crippen molar-refractivity contribution in [2.75, 3.05) is 5.75 Å². The lowest BCUT2D eigenvalue weighted by atomic mass is 10.1. The third-order valence-electron chi connectivity index (χ3n) is 2.68. The third kappa shape index (κ3) is 3.74. The van der Waals surface area contributed by atoms with Crippen LogP contribution in [0, 0.1) is 6.92 Å². The molecule has 2 heteroatoms. The number of hydrogen-bond acceptors (Lipinski definition) is 2. The fraction of sp³-hybridized carbons (Fsp3) is 0.188. The molecular weight excluding hydrogens is 240 g/mol. The number of hydrogen-bond donors (Lipinski definition) is 0. The summed E-state index contributed by atoms with van der Waals surface area (Å²) < 4.78 is 0. The van der Waals surface area contributed by atoms with Crippen molar-refractivity contribution in [1.82, 2.24) is 0 Å². The van der Waals surface area contributed by atoms with Gasteiger partial charge in [0.05, 0.1) is 0 Å². The average molecular weight is 256 g/mol. The SMILES string of the molecule is Cc1cccc(SCCC(=O)c2ccccc2)c1. The minimum absolute atomic E-state index is 0.218. The van der Waals surface area contributed by atoms with E-state index in [9.17, 15) is 4.79 Å². The van der Waals surface area contributed by atoms with E-state index in [-0.39, 0.29) is 5.78 Å². The van der Waals surface area contributed by atoms with Crippen LogP contribution < -0.4 is 0 Å². The summed E-state index contributed by atoms with van der Waals surface area (Å²) in [7, 11) is 0. The minimum Gasteiger partial charge on any atom is -0.294 e. The van der Waals surface area contributed by atoms with E-state index in [2.05, 4.69) is 31.2 Å². The molecule has 0 bridgehead atoms. The summed E-state index contributed by atoms with van der Waals surface area (Å²) in [5, 5.41) is 0. The van der Waals surface area contributed by atoms with Gasteiger partial charge in [0.15, 0.2) is 5.78 Å². The van der Waals surface area contributed by atoms with Gasteiger partial charge in [-0.05, 0) is 19.1 Å². The number of carbonyl (C=O) groups excluding carboxylic acids is 1. The molecule has 0 unspecified atom stereocenters. The first kappa shape index (κ1) is 12.9. The van der Waals surface area contributed by atoms with Crippen LogP contribution in [-0.4, -0.2) is 11.5 Å². The van der Waals surface area contributed by atoms with Crippen molar-refractivity contribution in [3.05, 3.63) is 65.7 Å². The summed E-state index contributed by atoms with van der Waals surface area (Å²) >= 11 is 1.74. The van der Waals surface area contributed by atoms with Gasteiger partial charge in [-0.25, -0.2) is 0 Å². The van der Waals surface area contributed by atoms with Crippen LogP contribution in [-0.2, 0) is 0 Å². The lowest BCUT2D eigenvalue weighted by molar-refractivity contribution is 0.0989. The van der Waals surface area contributed by atoms with Crippen LogP contribution in [0.5, 0.6) is 0 Å². The van der Waals surface area contributed by atoms with Gasteiger partial charge in [0.2, 0.25) is 0 Å². The molecule has 0 saturated carbocycles. The fourth-order valence-corrected chi connectivity index (χ4v) is 2.70. The predicted octanol–water partition coefficient (Wildman–Crippen LogP) is 4.36. The Labute approximate surface area is 112 Å². The Morgan fingerprint density at radius 3 is 2.56 bits per heavy atom. The molecule has 2 aromatic rings. The van der Waals surface area contributed by atoms with Gasteiger partial charge in [-0.2, -0.15) is 0 Å². The second kappa shape index (κ2) is 6.41. The number of rotatable bonds is 5. The van der Waals surface area contributed by atoms with Crippen molar-refractivity contribution in [3.63, 3.8) is 0 Å². The zero-order valence-electron chi connectivity index (χ0n) is 10.4. The van der Waals surface area contributed by atoms with Gasteiger partial charge in [0.25, 0.3) is 0 Å². The van der Waals surface area contributed by atoms with Crippen molar-refractivity contribution in [3.8, 4) is 0 Å². The third-order valence-corrected chi connectivity index (χ3v) is 3.68. The molecule has 0 saturated heterocycles. The molecule has 0 radical (unpaired) electrons. The van der Waals surface area contributed by atoms with Gasteiger partial charge in [-0.3, -0.25) is 4.79 Å². The Hall–Kier alpha value is -1.54. The second-order valence-corrected chi connectivity index (χ2v) is 5.37. The molecule has 0 aliphatic carbocycles. The number of carbonyl (C=O) groups is 1. The standard InChI is InChI=1S/C16H16OS/c1-13-6-5-9-15(12-13)18-11-10-16(17)14-7-3-2-4-8-14/h2-9,12H,10-11H2,1H3. The van der Waals surface area contributed by atoms with E-state index < -0.39 is 0 Å². The monoisotopic (exact) mass is 256 g/mol. The summed E-state index contributed by atoms with van der Waals surface area (Å²) in [6.07, 6.45) is 0.586. The van der Waals surface area contributed by atoms with Crippen molar-refractivity contribution < 1.29 is 4.79 Å². The largest absolute Gasteiger partial charge is 0.294 e. The van der Waals surface area contributed by atoms with Crippen LogP contribution in [0.2, 0.25) is 0 Å². The summed E-state index contributed by atoms with van der Waals surface area (Å²) in [5.74, 6) is 1.05. The molecule has 92 valence electrons. The molecule has 0 aromatic heterocycles. The molecule has 2 rings (SSSR count). The van der Waals surface area contributed by atoms with E-state index >= 15 is 0 Å².